The fourth-order valence-electron chi connectivity index (χ4n) is 1.86. The van der Waals surface area contributed by atoms with E-state index in [1.165, 1.54) is 18.1 Å². The number of amides is 1. The predicted molar refractivity (Wildman–Crippen MR) is 82.9 cm³/mol. The molecule has 2 N–H and O–H groups in total. The molecule has 2 aromatic rings. The van der Waals surface area contributed by atoms with Gasteiger partial charge in [-0.05, 0) is 11.6 Å². The standard InChI is InChI=1S/C14H16N4O3S/c19-13(20)8-22-6-5-16-14(21)12-4-2-1-3-11(12)7-18-10-15-9-17-18/h1-4,9-10H,5-8H2,(H,16,21)(H,19,20). The number of benzene rings is 1. The van der Waals surface area contributed by atoms with Gasteiger partial charge in [0.25, 0.3) is 5.91 Å². The van der Waals surface area contributed by atoms with Gasteiger partial charge >= 0.3 is 5.97 Å². The Labute approximate surface area is 131 Å². The number of hydrogen-bond donors (Lipinski definition) is 2. The van der Waals surface area contributed by atoms with Crippen molar-refractivity contribution in [3.63, 3.8) is 0 Å². The van der Waals surface area contributed by atoms with Crippen LogP contribution in [0.5, 0.6) is 0 Å². The summed E-state index contributed by atoms with van der Waals surface area (Å²) in [5, 5.41) is 15.4. The number of carboxylic acid groups (broad SMARTS) is 1. The van der Waals surface area contributed by atoms with Crippen LogP contribution in [0.3, 0.4) is 0 Å². The van der Waals surface area contributed by atoms with Gasteiger partial charge in [0.15, 0.2) is 0 Å². The summed E-state index contributed by atoms with van der Waals surface area (Å²) in [5.74, 6) is -0.427. The third-order valence-corrected chi connectivity index (χ3v) is 3.76. The van der Waals surface area contributed by atoms with Gasteiger partial charge in [0.2, 0.25) is 0 Å². The largest absolute Gasteiger partial charge is 0.481 e. The Balaban J connectivity index is 1.90. The zero-order chi connectivity index (χ0) is 15.8. The average Bonchev–Trinajstić information content (AvgIpc) is 3.00. The van der Waals surface area contributed by atoms with Crippen molar-refractivity contribution in [3.8, 4) is 0 Å². The molecule has 1 amide bonds. The van der Waals surface area contributed by atoms with Crippen molar-refractivity contribution in [1.29, 1.82) is 0 Å². The number of rotatable bonds is 8. The van der Waals surface area contributed by atoms with Crippen LogP contribution >= 0.6 is 11.8 Å². The van der Waals surface area contributed by atoms with E-state index in [1.54, 1.807) is 23.1 Å². The lowest BCUT2D eigenvalue weighted by atomic mass is 10.1. The minimum Gasteiger partial charge on any atom is -0.481 e. The minimum absolute atomic E-state index is 0.0404. The lowest BCUT2D eigenvalue weighted by Gasteiger charge is -2.10. The van der Waals surface area contributed by atoms with Crippen molar-refractivity contribution in [3.05, 3.63) is 48.0 Å². The Morgan fingerprint density at radius 3 is 2.86 bits per heavy atom. The van der Waals surface area contributed by atoms with Crippen molar-refractivity contribution >= 4 is 23.6 Å². The highest BCUT2D eigenvalue weighted by Gasteiger charge is 2.11. The summed E-state index contributed by atoms with van der Waals surface area (Å²) in [6.07, 6.45) is 3.04. The topological polar surface area (TPSA) is 97.1 Å². The second-order valence-corrected chi connectivity index (χ2v) is 5.56. The molecule has 0 bridgehead atoms. The van der Waals surface area contributed by atoms with Crippen LogP contribution < -0.4 is 5.32 Å². The van der Waals surface area contributed by atoms with E-state index in [1.807, 2.05) is 12.1 Å². The molecule has 0 aliphatic rings. The number of carbonyl (C=O) groups is 2. The van der Waals surface area contributed by atoms with Crippen LogP contribution in [0.1, 0.15) is 15.9 Å². The molecule has 0 saturated carbocycles. The van der Waals surface area contributed by atoms with Crippen LogP contribution in [0.15, 0.2) is 36.9 Å². The van der Waals surface area contributed by atoms with Crippen molar-refractivity contribution < 1.29 is 14.7 Å². The number of hydrogen-bond acceptors (Lipinski definition) is 5. The summed E-state index contributed by atoms with van der Waals surface area (Å²) in [5.41, 5.74) is 1.44. The molecule has 0 radical (unpaired) electrons. The molecule has 0 fully saturated rings. The second-order valence-electron chi connectivity index (χ2n) is 4.45. The first-order valence-corrected chi connectivity index (χ1v) is 7.80. The lowest BCUT2D eigenvalue weighted by molar-refractivity contribution is -0.133. The van der Waals surface area contributed by atoms with Gasteiger partial charge < -0.3 is 10.4 Å². The highest BCUT2D eigenvalue weighted by molar-refractivity contribution is 7.99. The average molecular weight is 320 g/mol. The number of carbonyl (C=O) groups excluding carboxylic acids is 1. The molecular weight excluding hydrogens is 304 g/mol. The summed E-state index contributed by atoms with van der Waals surface area (Å²) in [4.78, 5) is 26.5. The molecule has 0 unspecified atom stereocenters. The van der Waals surface area contributed by atoms with E-state index in [0.717, 1.165) is 5.56 Å². The van der Waals surface area contributed by atoms with Crippen molar-refractivity contribution in [2.24, 2.45) is 0 Å². The molecule has 7 nitrogen and oxygen atoms in total. The zero-order valence-electron chi connectivity index (χ0n) is 11.8. The van der Waals surface area contributed by atoms with Crippen LogP contribution in [-0.2, 0) is 11.3 Å². The molecular formula is C14H16N4O3S. The molecule has 2 rings (SSSR count). The summed E-state index contributed by atoms with van der Waals surface area (Å²) in [6.45, 7) is 0.895. The van der Waals surface area contributed by atoms with Crippen molar-refractivity contribution in [1.82, 2.24) is 20.1 Å². The molecule has 0 atom stereocenters. The third kappa shape index (κ3) is 4.88. The first-order valence-electron chi connectivity index (χ1n) is 6.65. The van der Waals surface area contributed by atoms with E-state index < -0.39 is 5.97 Å². The van der Waals surface area contributed by atoms with Gasteiger partial charge in [-0.15, -0.1) is 11.8 Å². The fraction of sp³-hybridized carbons (Fsp3) is 0.286. The summed E-state index contributed by atoms with van der Waals surface area (Å²) < 4.78 is 1.65. The van der Waals surface area contributed by atoms with Crippen LogP contribution in [-0.4, -0.2) is 49.8 Å². The molecule has 116 valence electrons. The van der Waals surface area contributed by atoms with E-state index in [4.69, 9.17) is 5.11 Å². The van der Waals surface area contributed by atoms with E-state index in [2.05, 4.69) is 15.4 Å². The van der Waals surface area contributed by atoms with Crippen LogP contribution in [0.2, 0.25) is 0 Å². The van der Waals surface area contributed by atoms with Crippen LogP contribution in [0.25, 0.3) is 0 Å². The normalized spacial score (nSPS) is 10.4. The molecule has 0 spiro atoms. The molecule has 8 heteroatoms. The predicted octanol–water partition coefficient (Wildman–Crippen LogP) is 0.874. The molecule has 22 heavy (non-hydrogen) atoms. The van der Waals surface area contributed by atoms with Gasteiger partial charge in [0, 0.05) is 17.9 Å². The van der Waals surface area contributed by atoms with Crippen LogP contribution in [0.4, 0.5) is 0 Å². The quantitative estimate of drug-likeness (QED) is 0.701. The number of carboxylic acids is 1. The molecule has 0 saturated heterocycles. The summed E-state index contributed by atoms with van der Waals surface area (Å²) in [7, 11) is 0. The maximum atomic E-state index is 12.2. The number of aliphatic carboxylic acids is 1. The molecule has 1 aromatic carbocycles. The summed E-state index contributed by atoms with van der Waals surface area (Å²) in [6, 6.07) is 7.30. The highest BCUT2D eigenvalue weighted by Crippen LogP contribution is 2.10. The number of nitrogens with zero attached hydrogens (tertiary/aromatic N) is 3. The number of nitrogens with one attached hydrogen (secondary N) is 1. The lowest BCUT2D eigenvalue weighted by Crippen LogP contribution is -2.27. The SMILES string of the molecule is O=C(O)CSCCNC(=O)c1ccccc1Cn1cncn1. The van der Waals surface area contributed by atoms with Gasteiger partial charge in [0.1, 0.15) is 12.7 Å². The maximum absolute atomic E-state index is 12.2. The zero-order valence-corrected chi connectivity index (χ0v) is 12.6. The third-order valence-electron chi connectivity index (χ3n) is 2.82. The van der Waals surface area contributed by atoms with E-state index in [-0.39, 0.29) is 11.7 Å². The monoisotopic (exact) mass is 320 g/mol. The fourth-order valence-corrected chi connectivity index (χ4v) is 2.43. The first-order chi connectivity index (χ1) is 10.7. The Morgan fingerprint density at radius 1 is 1.32 bits per heavy atom. The Bertz CT molecular complexity index is 631. The number of aromatic nitrogens is 3. The van der Waals surface area contributed by atoms with Gasteiger partial charge in [-0.25, -0.2) is 9.67 Å². The Morgan fingerprint density at radius 2 is 2.14 bits per heavy atom. The minimum atomic E-state index is -0.852. The van der Waals surface area contributed by atoms with Gasteiger partial charge in [-0.3, -0.25) is 9.59 Å². The van der Waals surface area contributed by atoms with E-state index in [9.17, 15) is 9.59 Å². The molecule has 1 heterocycles. The second kappa shape index (κ2) is 8.18. The van der Waals surface area contributed by atoms with Gasteiger partial charge in [-0.1, -0.05) is 18.2 Å². The van der Waals surface area contributed by atoms with Crippen molar-refractivity contribution in [2.45, 2.75) is 6.54 Å². The smallest absolute Gasteiger partial charge is 0.313 e. The van der Waals surface area contributed by atoms with E-state index >= 15 is 0 Å². The summed E-state index contributed by atoms with van der Waals surface area (Å²) >= 11 is 1.27. The molecule has 0 aliphatic carbocycles. The number of thioether (sulfide) groups is 1. The van der Waals surface area contributed by atoms with Crippen molar-refractivity contribution in [2.75, 3.05) is 18.1 Å². The van der Waals surface area contributed by atoms with Gasteiger partial charge in [-0.2, -0.15) is 5.10 Å². The Hall–Kier alpha value is -2.35. The molecule has 0 aliphatic heterocycles. The van der Waals surface area contributed by atoms with E-state index in [0.29, 0.717) is 24.4 Å². The first kappa shape index (κ1) is 16.0. The maximum Gasteiger partial charge on any atom is 0.313 e. The molecule has 1 aromatic heterocycles. The van der Waals surface area contributed by atoms with Gasteiger partial charge in [0.05, 0.1) is 12.3 Å². The van der Waals surface area contributed by atoms with Crippen LogP contribution in [0, 0.1) is 0 Å². The highest BCUT2D eigenvalue weighted by atomic mass is 32.2. The Kier molecular flexibility index (Phi) is 5.96.